The zero-order chi connectivity index (χ0) is 20.3. The van der Waals surface area contributed by atoms with Gasteiger partial charge in [0.2, 0.25) is 0 Å². The molecule has 1 saturated heterocycles. The predicted octanol–water partition coefficient (Wildman–Crippen LogP) is 4.26. The van der Waals surface area contributed by atoms with Crippen LogP contribution in [0.2, 0.25) is 5.02 Å². The van der Waals surface area contributed by atoms with E-state index in [4.69, 9.17) is 16.3 Å². The van der Waals surface area contributed by atoms with Gasteiger partial charge in [0.05, 0.1) is 6.10 Å². The zero-order valence-electron chi connectivity index (χ0n) is 16.4. The Labute approximate surface area is 170 Å². The molecule has 0 radical (unpaired) electrons. The summed E-state index contributed by atoms with van der Waals surface area (Å²) in [5, 5.41) is 13.0. The summed E-state index contributed by atoms with van der Waals surface area (Å²) in [5.41, 5.74) is 4.82. The van der Waals surface area contributed by atoms with E-state index in [1.807, 2.05) is 51.1 Å². The number of hydrogen-bond acceptors (Lipinski definition) is 3. The van der Waals surface area contributed by atoms with E-state index in [1.165, 1.54) is 0 Å². The van der Waals surface area contributed by atoms with Crippen molar-refractivity contribution in [2.75, 3.05) is 13.2 Å². The molecule has 0 saturated carbocycles. The number of carbonyl (C=O) groups is 1. The molecule has 1 N–H and O–H groups in total. The Morgan fingerprint density at radius 1 is 1.39 bits per heavy atom. The molecule has 1 fully saturated rings. The number of halogens is 1. The summed E-state index contributed by atoms with van der Waals surface area (Å²) in [6, 6.07) is 9.89. The standard InChI is InChI=1S/C22H24ClN3O2/c1-14-6-7-19(11-21(14)23)26-15(2)9-17(16(26)3)10-18(12-24)22(27)25-13-20-5-4-8-28-20/h6-7,9-11,20H,4-5,8,13H2,1-3H3,(H,25,27)/b18-10+/t20-/m0/s1. The monoisotopic (exact) mass is 397 g/mol. The molecule has 0 aliphatic carbocycles. The molecule has 1 atom stereocenters. The quantitative estimate of drug-likeness (QED) is 0.605. The van der Waals surface area contributed by atoms with Gasteiger partial charge in [-0.3, -0.25) is 4.79 Å². The molecule has 5 nitrogen and oxygen atoms in total. The van der Waals surface area contributed by atoms with Gasteiger partial charge in [0.15, 0.2) is 0 Å². The number of ether oxygens (including phenoxy) is 1. The molecule has 2 aromatic rings. The third kappa shape index (κ3) is 4.30. The van der Waals surface area contributed by atoms with E-state index in [-0.39, 0.29) is 17.6 Å². The second-order valence-corrected chi connectivity index (χ2v) is 7.52. The van der Waals surface area contributed by atoms with Crippen molar-refractivity contribution < 1.29 is 9.53 Å². The van der Waals surface area contributed by atoms with Crippen LogP contribution < -0.4 is 5.32 Å². The Hall–Kier alpha value is -2.55. The molecule has 3 rings (SSSR count). The Balaban J connectivity index is 1.84. The molecule has 1 aliphatic rings. The molecule has 0 spiro atoms. The number of benzene rings is 1. The third-order valence-electron chi connectivity index (χ3n) is 5.06. The van der Waals surface area contributed by atoms with Crippen LogP contribution in [0.15, 0.2) is 29.8 Å². The minimum absolute atomic E-state index is 0.0419. The fourth-order valence-corrected chi connectivity index (χ4v) is 3.64. The summed E-state index contributed by atoms with van der Waals surface area (Å²) >= 11 is 6.28. The average molecular weight is 398 g/mol. The third-order valence-corrected chi connectivity index (χ3v) is 5.47. The lowest BCUT2D eigenvalue weighted by atomic mass is 10.1. The van der Waals surface area contributed by atoms with E-state index in [9.17, 15) is 10.1 Å². The average Bonchev–Trinajstić information content (AvgIpc) is 3.28. The van der Waals surface area contributed by atoms with Gasteiger partial charge in [0.25, 0.3) is 5.91 Å². The first-order valence-corrected chi connectivity index (χ1v) is 9.75. The van der Waals surface area contributed by atoms with Crippen LogP contribution in [0, 0.1) is 32.1 Å². The van der Waals surface area contributed by atoms with Crippen molar-refractivity contribution >= 4 is 23.6 Å². The number of nitriles is 1. The fourth-order valence-electron chi connectivity index (χ4n) is 3.46. The van der Waals surface area contributed by atoms with E-state index < -0.39 is 0 Å². The Morgan fingerprint density at radius 2 is 2.18 bits per heavy atom. The predicted molar refractivity (Wildman–Crippen MR) is 111 cm³/mol. The molecule has 28 heavy (non-hydrogen) atoms. The number of carbonyl (C=O) groups excluding carboxylic acids is 1. The van der Waals surface area contributed by atoms with Gasteiger partial charge in [0.1, 0.15) is 11.6 Å². The van der Waals surface area contributed by atoms with Crippen LogP contribution in [-0.4, -0.2) is 29.7 Å². The molecule has 1 aromatic heterocycles. The Morgan fingerprint density at radius 3 is 2.82 bits per heavy atom. The molecule has 146 valence electrons. The van der Waals surface area contributed by atoms with Gasteiger partial charge in [-0.1, -0.05) is 17.7 Å². The lowest BCUT2D eigenvalue weighted by Gasteiger charge is -2.11. The molecule has 6 heteroatoms. The van der Waals surface area contributed by atoms with Crippen molar-refractivity contribution in [3.05, 3.63) is 57.4 Å². The SMILES string of the molecule is Cc1ccc(-n2c(C)cc(/C=C(\C#N)C(=O)NC[C@@H]3CCCO3)c2C)cc1Cl. The van der Waals surface area contributed by atoms with Gasteiger partial charge < -0.3 is 14.6 Å². The van der Waals surface area contributed by atoms with Crippen molar-refractivity contribution in [2.45, 2.75) is 39.7 Å². The number of aryl methyl sites for hydroxylation is 2. The number of amides is 1. The van der Waals surface area contributed by atoms with Gasteiger partial charge in [-0.05, 0) is 69.0 Å². The summed E-state index contributed by atoms with van der Waals surface area (Å²) < 4.78 is 7.57. The number of rotatable bonds is 5. The maximum atomic E-state index is 12.4. The van der Waals surface area contributed by atoms with Gasteiger partial charge in [-0.2, -0.15) is 5.26 Å². The Bertz CT molecular complexity index is 963. The van der Waals surface area contributed by atoms with Crippen molar-refractivity contribution in [3.63, 3.8) is 0 Å². The highest BCUT2D eigenvalue weighted by Crippen LogP contribution is 2.26. The van der Waals surface area contributed by atoms with Crippen molar-refractivity contribution in [1.82, 2.24) is 9.88 Å². The van der Waals surface area contributed by atoms with Gasteiger partial charge in [0, 0.05) is 35.2 Å². The zero-order valence-corrected chi connectivity index (χ0v) is 17.1. The molecular formula is C22H24ClN3O2. The van der Waals surface area contributed by atoms with Crippen LogP contribution in [0.3, 0.4) is 0 Å². The van der Waals surface area contributed by atoms with Gasteiger partial charge in [-0.15, -0.1) is 0 Å². The normalized spacial score (nSPS) is 16.8. The first-order chi connectivity index (χ1) is 13.4. The lowest BCUT2D eigenvalue weighted by Crippen LogP contribution is -2.32. The largest absolute Gasteiger partial charge is 0.376 e. The molecule has 2 heterocycles. The van der Waals surface area contributed by atoms with Crippen LogP contribution in [-0.2, 0) is 9.53 Å². The van der Waals surface area contributed by atoms with Crippen LogP contribution in [0.4, 0.5) is 0 Å². The summed E-state index contributed by atoms with van der Waals surface area (Å²) in [5.74, 6) is -0.374. The molecular weight excluding hydrogens is 374 g/mol. The van der Waals surface area contributed by atoms with Crippen molar-refractivity contribution in [2.24, 2.45) is 0 Å². The van der Waals surface area contributed by atoms with Gasteiger partial charge in [-0.25, -0.2) is 0 Å². The van der Waals surface area contributed by atoms with Crippen molar-refractivity contribution in [3.8, 4) is 11.8 Å². The molecule has 1 aliphatic heterocycles. The summed E-state index contributed by atoms with van der Waals surface area (Å²) in [4.78, 5) is 12.4. The summed E-state index contributed by atoms with van der Waals surface area (Å²) in [7, 11) is 0. The maximum absolute atomic E-state index is 12.4. The minimum atomic E-state index is -0.374. The maximum Gasteiger partial charge on any atom is 0.262 e. The van der Waals surface area contributed by atoms with Crippen LogP contribution in [0.5, 0.6) is 0 Å². The highest BCUT2D eigenvalue weighted by molar-refractivity contribution is 6.31. The molecule has 1 amide bonds. The second kappa shape index (κ2) is 8.64. The smallest absolute Gasteiger partial charge is 0.262 e. The van der Waals surface area contributed by atoms with E-state index in [0.29, 0.717) is 11.6 Å². The fraction of sp³-hybridized carbons (Fsp3) is 0.364. The molecule has 0 bridgehead atoms. The van der Waals surface area contributed by atoms with Crippen LogP contribution in [0.1, 0.15) is 35.4 Å². The topological polar surface area (TPSA) is 67.0 Å². The van der Waals surface area contributed by atoms with E-state index in [0.717, 1.165) is 47.7 Å². The van der Waals surface area contributed by atoms with E-state index >= 15 is 0 Å². The first-order valence-electron chi connectivity index (χ1n) is 9.37. The highest BCUT2D eigenvalue weighted by atomic mass is 35.5. The van der Waals surface area contributed by atoms with E-state index in [1.54, 1.807) is 6.08 Å². The number of hydrogen-bond donors (Lipinski definition) is 1. The highest BCUT2D eigenvalue weighted by Gasteiger charge is 2.18. The first kappa shape index (κ1) is 20.2. The summed E-state index contributed by atoms with van der Waals surface area (Å²) in [6.07, 6.45) is 3.63. The van der Waals surface area contributed by atoms with Crippen LogP contribution >= 0.6 is 11.6 Å². The Kier molecular flexibility index (Phi) is 6.23. The van der Waals surface area contributed by atoms with E-state index in [2.05, 4.69) is 9.88 Å². The molecule has 1 aromatic carbocycles. The van der Waals surface area contributed by atoms with Crippen molar-refractivity contribution in [1.29, 1.82) is 5.26 Å². The minimum Gasteiger partial charge on any atom is -0.376 e. The van der Waals surface area contributed by atoms with Gasteiger partial charge >= 0.3 is 0 Å². The molecule has 0 unspecified atom stereocenters. The number of nitrogens with zero attached hydrogens (tertiary/aromatic N) is 2. The lowest BCUT2D eigenvalue weighted by molar-refractivity contribution is -0.117. The van der Waals surface area contributed by atoms with Crippen LogP contribution in [0.25, 0.3) is 11.8 Å². The number of aromatic nitrogens is 1. The number of nitrogens with one attached hydrogen (secondary N) is 1. The second-order valence-electron chi connectivity index (χ2n) is 7.11. The summed E-state index contributed by atoms with van der Waals surface area (Å²) in [6.45, 7) is 7.08.